The lowest BCUT2D eigenvalue weighted by molar-refractivity contribution is -0.139. The zero-order valence-electron chi connectivity index (χ0n) is 13.4. The monoisotopic (exact) mass is 369 g/mol. The van der Waals surface area contributed by atoms with Gasteiger partial charge in [0.05, 0.1) is 11.6 Å². The van der Waals surface area contributed by atoms with E-state index in [1.54, 1.807) is 6.07 Å². The Balaban J connectivity index is 2.08. The van der Waals surface area contributed by atoms with E-state index >= 15 is 0 Å². The number of benzene rings is 2. The summed E-state index contributed by atoms with van der Waals surface area (Å²) in [5.41, 5.74) is 0.0616. The molecule has 2 N–H and O–H groups in total. The summed E-state index contributed by atoms with van der Waals surface area (Å²) in [6, 6.07) is 6.67. The van der Waals surface area contributed by atoms with Crippen LogP contribution in [0, 0.1) is 5.82 Å². The molecule has 1 heterocycles. The third-order valence-electron chi connectivity index (χ3n) is 4.19. The van der Waals surface area contributed by atoms with E-state index < -0.39 is 36.2 Å². The van der Waals surface area contributed by atoms with Gasteiger partial charge in [-0.25, -0.2) is 9.18 Å². The number of carboxylic acid groups (broad SMARTS) is 1. The fourth-order valence-corrected chi connectivity index (χ4v) is 3.16. The number of fused-ring (bicyclic) bond motifs is 1. The van der Waals surface area contributed by atoms with Crippen molar-refractivity contribution < 1.29 is 32.2 Å². The SMILES string of the molecule is O=C(O)COc1ccc(F)cc1C1NCCc2c1cccc2C(F)(F)F. The maximum atomic E-state index is 13.8. The van der Waals surface area contributed by atoms with Gasteiger partial charge in [-0.05, 0) is 41.8 Å². The first-order valence-electron chi connectivity index (χ1n) is 7.84. The van der Waals surface area contributed by atoms with Crippen LogP contribution in [-0.4, -0.2) is 24.2 Å². The number of nitrogens with one attached hydrogen (secondary N) is 1. The molecule has 138 valence electrons. The first kappa shape index (κ1) is 18.2. The van der Waals surface area contributed by atoms with Gasteiger partial charge in [-0.15, -0.1) is 0 Å². The Hall–Kier alpha value is -2.61. The second-order valence-electron chi connectivity index (χ2n) is 5.87. The molecular formula is C18H15F4NO3. The molecule has 0 bridgehead atoms. The van der Waals surface area contributed by atoms with Gasteiger partial charge in [-0.3, -0.25) is 0 Å². The van der Waals surface area contributed by atoms with Crippen molar-refractivity contribution in [3.05, 3.63) is 64.5 Å². The highest BCUT2D eigenvalue weighted by molar-refractivity contribution is 5.68. The lowest BCUT2D eigenvalue weighted by atomic mass is 9.86. The van der Waals surface area contributed by atoms with Crippen molar-refractivity contribution in [3.63, 3.8) is 0 Å². The molecule has 8 heteroatoms. The second kappa shape index (κ2) is 6.95. The summed E-state index contributed by atoms with van der Waals surface area (Å²) >= 11 is 0. The molecule has 1 aliphatic heterocycles. The Kier molecular flexibility index (Phi) is 4.86. The number of rotatable bonds is 4. The minimum atomic E-state index is -4.49. The zero-order valence-corrected chi connectivity index (χ0v) is 13.4. The van der Waals surface area contributed by atoms with Crippen molar-refractivity contribution in [1.29, 1.82) is 0 Å². The fraction of sp³-hybridized carbons (Fsp3) is 0.278. The minimum Gasteiger partial charge on any atom is -0.482 e. The van der Waals surface area contributed by atoms with E-state index in [-0.39, 0.29) is 29.8 Å². The van der Waals surface area contributed by atoms with E-state index in [0.717, 1.165) is 18.2 Å². The van der Waals surface area contributed by atoms with E-state index in [1.165, 1.54) is 12.1 Å². The maximum absolute atomic E-state index is 13.8. The number of carbonyl (C=O) groups is 1. The first-order valence-corrected chi connectivity index (χ1v) is 7.84. The van der Waals surface area contributed by atoms with E-state index in [2.05, 4.69) is 5.32 Å². The molecule has 2 aromatic rings. The molecule has 1 aliphatic rings. The van der Waals surface area contributed by atoms with Crippen LogP contribution in [0.3, 0.4) is 0 Å². The van der Waals surface area contributed by atoms with Crippen LogP contribution in [0.25, 0.3) is 0 Å². The van der Waals surface area contributed by atoms with Crippen LogP contribution in [0.2, 0.25) is 0 Å². The summed E-state index contributed by atoms with van der Waals surface area (Å²) < 4.78 is 58.8. The predicted octanol–water partition coefficient (Wildman–Crippen LogP) is 3.54. The van der Waals surface area contributed by atoms with Crippen LogP contribution >= 0.6 is 0 Å². The Morgan fingerprint density at radius 2 is 2.00 bits per heavy atom. The van der Waals surface area contributed by atoms with Crippen LogP contribution < -0.4 is 10.1 Å². The third-order valence-corrected chi connectivity index (χ3v) is 4.19. The van der Waals surface area contributed by atoms with Crippen LogP contribution in [0.1, 0.15) is 28.3 Å². The number of alkyl halides is 3. The molecule has 26 heavy (non-hydrogen) atoms. The highest BCUT2D eigenvalue weighted by atomic mass is 19.4. The average Bonchev–Trinajstić information content (AvgIpc) is 2.58. The third kappa shape index (κ3) is 3.65. The molecule has 0 radical (unpaired) electrons. The largest absolute Gasteiger partial charge is 0.482 e. The van der Waals surface area contributed by atoms with Crippen molar-refractivity contribution in [2.75, 3.05) is 13.2 Å². The Morgan fingerprint density at radius 3 is 2.69 bits per heavy atom. The van der Waals surface area contributed by atoms with Crippen molar-refractivity contribution in [2.45, 2.75) is 18.6 Å². The van der Waals surface area contributed by atoms with Crippen LogP contribution in [0.5, 0.6) is 5.75 Å². The molecule has 1 atom stereocenters. The molecule has 0 amide bonds. The van der Waals surface area contributed by atoms with Crippen LogP contribution in [0.4, 0.5) is 17.6 Å². The molecule has 1 unspecified atom stereocenters. The number of halogens is 4. The molecular weight excluding hydrogens is 354 g/mol. The van der Waals surface area contributed by atoms with E-state index in [4.69, 9.17) is 9.84 Å². The predicted molar refractivity (Wildman–Crippen MR) is 84.5 cm³/mol. The molecule has 0 spiro atoms. The van der Waals surface area contributed by atoms with Gasteiger partial charge in [0, 0.05) is 12.1 Å². The average molecular weight is 369 g/mol. The van der Waals surface area contributed by atoms with Crippen molar-refractivity contribution in [3.8, 4) is 5.75 Å². The first-order chi connectivity index (χ1) is 12.3. The number of ether oxygens (including phenoxy) is 1. The van der Waals surface area contributed by atoms with Gasteiger partial charge in [-0.1, -0.05) is 12.1 Å². The van der Waals surface area contributed by atoms with Gasteiger partial charge in [0.25, 0.3) is 0 Å². The molecule has 3 rings (SSSR count). The van der Waals surface area contributed by atoms with E-state index in [9.17, 15) is 22.4 Å². The van der Waals surface area contributed by atoms with Gasteiger partial charge in [0.15, 0.2) is 6.61 Å². The lowest BCUT2D eigenvalue weighted by Crippen LogP contribution is -2.32. The Morgan fingerprint density at radius 1 is 1.23 bits per heavy atom. The van der Waals surface area contributed by atoms with Gasteiger partial charge >= 0.3 is 12.1 Å². The molecule has 0 saturated heterocycles. The summed E-state index contributed by atoms with van der Waals surface area (Å²) in [4.78, 5) is 10.7. The normalized spacial score (nSPS) is 16.8. The smallest absolute Gasteiger partial charge is 0.416 e. The fourth-order valence-electron chi connectivity index (χ4n) is 3.16. The molecule has 0 saturated carbocycles. The number of carboxylic acids is 1. The van der Waals surface area contributed by atoms with Gasteiger partial charge < -0.3 is 15.2 Å². The molecule has 2 aromatic carbocycles. The van der Waals surface area contributed by atoms with E-state index in [0.29, 0.717) is 5.56 Å². The highest BCUT2D eigenvalue weighted by Gasteiger charge is 2.36. The highest BCUT2D eigenvalue weighted by Crippen LogP contribution is 2.40. The summed E-state index contributed by atoms with van der Waals surface area (Å²) in [5.74, 6) is -1.70. The van der Waals surface area contributed by atoms with Gasteiger partial charge in [0.1, 0.15) is 11.6 Å². The van der Waals surface area contributed by atoms with Gasteiger partial charge in [-0.2, -0.15) is 13.2 Å². The van der Waals surface area contributed by atoms with Crippen LogP contribution in [0.15, 0.2) is 36.4 Å². The standard InChI is InChI=1S/C18H15F4NO3/c19-10-4-5-15(26-9-16(24)25)13(8-10)17-12-2-1-3-14(18(20,21)22)11(12)6-7-23-17/h1-5,8,17,23H,6-7,9H2,(H,24,25). The van der Waals surface area contributed by atoms with Gasteiger partial charge in [0.2, 0.25) is 0 Å². The second-order valence-corrected chi connectivity index (χ2v) is 5.87. The molecule has 0 aliphatic carbocycles. The summed E-state index contributed by atoms with van der Waals surface area (Å²) in [6.45, 7) is -0.375. The van der Waals surface area contributed by atoms with Crippen molar-refractivity contribution in [2.24, 2.45) is 0 Å². The topological polar surface area (TPSA) is 58.6 Å². The number of hydrogen-bond acceptors (Lipinski definition) is 3. The minimum absolute atomic E-state index is 0.108. The maximum Gasteiger partial charge on any atom is 0.416 e. The summed E-state index contributed by atoms with van der Waals surface area (Å²) in [7, 11) is 0. The van der Waals surface area contributed by atoms with Crippen LogP contribution in [-0.2, 0) is 17.4 Å². The quantitative estimate of drug-likeness (QED) is 0.810. The summed E-state index contributed by atoms with van der Waals surface area (Å²) in [5, 5.41) is 11.8. The molecule has 0 fully saturated rings. The van der Waals surface area contributed by atoms with Crippen molar-refractivity contribution >= 4 is 5.97 Å². The summed E-state index contributed by atoms with van der Waals surface area (Å²) in [6.07, 6.45) is -4.31. The number of aliphatic carboxylic acids is 1. The Labute approximate surface area is 146 Å². The molecule has 4 nitrogen and oxygen atoms in total. The zero-order chi connectivity index (χ0) is 18.9. The van der Waals surface area contributed by atoms with Crippen molar-refractivity contribution in [1.82, 2.24) is 5.32 Å². The lowest BCUT2D eigenvalue weighted by Gasteiger charge is -2.30. The van der Waals surface area contributed by atoms with E-state index in [1.807, 2.05) is 0 Å². The Bertz CT molecular complexity index is 836. The number of hydrogen-bond donors (Lipinski definition) is 2. The molecule has 0 aromatic heterocycles.